The van der Waals surface area contributed by atoms with Crippen LogP contribution >= 0.6 is 0 Å². The number of nitrogens with one attached hydrogen (secondary N) is 1. The van der Waals surface area contributed by atoms with Crippen molar-refractivity contribution in [2.75, 3.05) is 5.32 Å². The van der Waals surface area contributed by atoms with Gasteiger partial charge in [-0.1, -0.05) is 12.1 Å². The van der Waals surface area contributed by atoms with Gasteiger partial charge in [0.2, 0.25) is 5.91 Å². The second-order valence-electron chi connectivity index (χ2n) is 6.68. The smallest absolute Gasteiger partial charge is 0.309 e. The minimum absolute atomic E-state index is 0.0442. The van der Waals surface area contributed by atoms with Crippen molar-refractivity contribution in [1.82, 2.24) is 19.6 Å². The zero-order chi connectivity index (χ0) is 20.3. The summed E-state index contributed by atoms with van der Waals surface area (Å²) in [4.78, 5) is 22.6. The minimum atomic E-state index is -0.479. The molecular weight excluding hydrogens is 360 g/mol. The molecule has 1 amide bonds. The first-order valence-electron chi connectivity index (χ1n) is 8.90. The third-order valence-electron chi connectivity index (χ3n) is 4.47. The molecule has 0 spiro atoms. The molecule has 0 aliphatic rings. The Morgan fingerprint density at radius 3 is 2.64 bits per heavy atom. The Kier molecular flexibility index (Phi) is 5.53. The molecule has 28 heavy (non-hydrogen) atoms. The number of aromatic nitrogens is 4. The minimum Gasteiger partial charge on any atom is -0.326 e. The standard InChI is InChI=1S/C19H22N6O3/c1-13-9-14(2)24(22-13)12-16-5-4-6-17(10-16)21-19(26)7-8-23-15(3)18(11-20-23)25(27)28/h4-6,9-11H,7-8,12H2,1-3H3,(H,21,26). The number of amides is 1. The molecule has 2 aromatic heterocycles. The van der Waals surface area contributed by atoms with Crippen LogP contribution in [0, 0.1) is 30.9 Å². The van der Waals surface area contributed by atoms with Crippen LogP contribution in [0.1, 0.15) is 29.1 Å². The molecular formula is C19H22N6O3. The third-order valence-corrected chi connectivity index (χ3v) is 4.47. The van der Waals surface area contributed by atoms with Crippen molar-refractivity contribution in [2.24, 2.45) is 0 Å². The molecule has 9 heteroatoms. The number of benzene rings is 1. The summed E-state index contributed by atoms with van der Waals surface area (Å²) in [5.74, 6) is -0.180. The van der Waals surface area contributed by atoms with Gasteiger partial charge < -0.3 is 5.32 Å². The number of carbonyl (C=O) groups is 1. The maximum atomic E-state index is 12.3. The average molecular weight is 382 g/mol. The van der Waals surface area contributed by atoms with Gasteiger partial charge in [-0.25, -0.2) is 0 Å². The molecule has 146 valence electrons. The van der Waals surface area contributed by atoms with Crippen LogP contribution in [0.5, 0.6) is 0 Å². The highest BCUT2D eigenvalue weighted by Crippen LogP contribution is 2.17. The molecule has 3 aromatic rings. The van der Waals surface area contributed by atoms with Gasteiger partial charge in [-0.05, 0) is 44.5 Å². The largest absolute Gasteiger partial charge is 0.326 e. The van der Waals surface area contributed by atoms with Crippen LogP contribution in [0.25, 0.3) is 0 Å². The summed E-state index contributed by atoms with van der Waals surface area (Å²) in [6.07, 6.45) is 1.37. The average Bonchev–Trinajstić information content (AvgIpc) is 3.15. The molecule has 0 fully saturated rings. The van der Waals surface area contributed by atoms with E-state index < -0.39 is 4.92 Å². The monoisotopic (exact) mass is 382 g/mol. The van der Waals surface area contributed by atoms with Crippen LogP contribution < -0.4 is 5.32 Å². The molecule has 0 saturated heterocycles. The van der Waals surface area contributed by atoms with Crippen LogP contribution in [0.4, 0.5) is 11.4 Å². The number of nitro groups is 1. The van der Waals surface area contributed by atoms with E-state index in [1.165, 1.54) is 10.9 Å². The van der Waals surface area contributed by atoms with Gasteiger partial charge in [-0.15, -0.1) is 0 Å². The number of nitrogens with zero attached hydrogens (tertiary/aromatic N) is 5. The quantitative estimate of drug-likeness (QED) is 0.499. The molecule has 0 saturated carbocycles. The molecule has 1 N–H and O–H groups in total. The lowest BCUT2D eigenvalue weighted by Gasteiger charge is -2.09. The second kappa shape index (κ2) is 8.03. The molecule has 0 bridgehead atoms. The predicted molar refractivity (Wildman–Crippen MR) is 104 cm³/mol. The zero-order valence-electron chi connectivity index (χ0n) is 16.0. The maximum absolute atomic E-state index is 12.3. The van der Waals surface area contributed by atoms with E-state index in [0.29, 0.717) is 17.9 Å². The lowest BCUT2D eigenvalue weighted by atomic mass is 10.2. The SMILES string of the molecule is Cc1cc(C)n(Cc2cccc(NC(=O)CCn3ncc([N+](=O)[O-])c3C)c2)n1. The fraction of sp³-hybridized carbons (Fsp3) is 0.316. The Morgan fingerprint density at radius 2 is 2.00 bits per heavy atom. The summed E-state index contributed by atoms with van der Waals surface area (Å²) in [6.45, 7) is 6.48. The van der Waals surface area contributed by atoms with Crippen LogP contribution in [0.3, 0.4) is 0 Å². The van der Waals surface area contributed by atoms with Crippen molar-refractivity contribution in [2.45, 2.75) is 40.3 Å². The normalized spacial score (nSPS) is 10.8. The molecule has 2 heterocycles. The lowest BCUT2D eigenvalue weighted by molar-refractivity contribution is -0.385. The van der Waals surface area contributed by atoms with Gasteiger partial charge >= 0.3 is 5.69 Å². The van der Waals surface area contributed by atoms with Crippen LogP contribution in [0.2, 0.25) is 0 Å². The first kappa shape index (κ1) is 19.3. The van der Waals surface area contributed by atoms with Crippen molar-refractivity contribution in [1.29, 1.82) is 0 Å². The van der Waals surface area contributed by atoms with Gasteiger partial charge in [0.15, 0.2) is 0 Å². The molecule has 1 aromatic carbocycles. The number of hydrogen-bond acceptors (Lipinski definition) is 5. The van der Waals surface area contributed by atoms with Gasteiger partial charge in [0.25, 0.3) is 0 Å². The van der Waals surface area contributed by atoms with E-state index in [-0.39, 0.29) is 24.6 Å². The van der Waals surface area contributed by atoms with E-state index >= 15 is 0 Å². The van der Waals surface area contributed by atoms with Crippen molar-refractivity contribution in [3.8, 4) is 0 Å². The molecule has 0 atom stereocenters. The van der Waals surface area contributed by atoms with E-state index in [2.05, 4.69) is 15.5 Å². The van der Waals surface area contributed by atoms with Crippen molar-refractivity contribution < 1.29 is 9.72 Å². The Morgan fingerprint density at radius 1 is 1.21 bits per heavy atom. The lowest BCUT2D eigenvalue weighted by Crippen LogP contribution is -2.16. The second-order valence-corrected chi connectivity index (χ2v) is 6.68. The number of aryl methyl sites for hydroxylation is 3. The van der Waals surface area contributed by atoms with Crippen molar-refractivity contribution in [3.63, 3.8) is 0 Å². The summed E-state index contributed by atoms with van der Waals surface area (Å²) in [6, 6.07) is 9.63. The van der Waals surface area contributed by atoms with Crippen LogP contribution in [-0.2, 0) is 17.9 Å². The highest BCUT2D eigenvalue weighted by atomic mass is 16.6. The number of carbonyl (C=O) groups excluding carboxylic acids is 1. The van der Waals surface area contributed by atoms with E-state index in [4.69, 9.17) is 0 Å². The maximum Gasteiger partial charge on any atom is 0.309 e. The summed E-state index contributed by atoms with van der Waals surface area (Å²) in [7, 11) is 0. The van der Waals surface area contributed by atoms with Gasteiger partial charge in [-0.2, -0.15) is 10.2 Å². The Hall–Kier alpha value is -3.49. The van der Waals surface area contributed by atoms with Gasteiger partial charge in [0.05, 0.1) is 23.7 Å². The van der Waals surface area contributed by atoms with Crippen molar-refractivity contribution >= 4 is 17.3 Å². The molecule has 0 aliphatic heterocycles. The van der Waals surface area contributed by atoms with Crippen molar-refractivity contribution in [3.05, 3.63) is 69.3 Å². The van der Waals surface area contributed by atoms with Crippen LogP contribution in [-0.4, -0.2) is 30.4 Å². The molecule has 0 aliphatic carbocycles. The van der Waals surface area contributed by atoms with E-state index in [1.807, 2.05) is 48.9 Å². The Bertz CT molecular complexity index is 1020. The summed E-state index contributed by atoms with van der Waals surface area (Å²) in [5, 5.41) is 22.2. The zero-order valence-corrected chi connectivity index (χ0v) is 16.0. The number of hydrogen-bond donors (Lipinski definition) is 1. The van der Waals surface area contributed by atoms with E-state index in [9.17, 15) is 14.9 Å². The summed E-state index contributed by atoms with van der Waals surface area (Å²) in [5.41, 5.74) is 4.17. The summed E-state index contributed by atoms with van der Waals surface area (Å²) < 4.78 is 3.39. The van der Waals surface area contributed by atoms with E-state index in [0.717, 1.165) is 17.0 Å². The highest BCUT2D eigenvalue weighted by molar-refractivity contribution is 5.90. The number of anilines is 1. The Labute approximate surface area is 162 Å². The first-order valence-corrected chi connectivity index (χ1v) is 8.90. The topological polar surface area (TPSA) is 108 Å². The number of rotatable bonds is 7. The highest BCUT2D eigenvalue weighted by Gasteiger charge is 2.16. The fourth-order valence-corrected chi connectivity index (χ4v) is 3.03. The Balaban J connectivity index is 1.60. The first-order chi connectivity index (χ1) is 13.3. The van der Waals surface area contributed by atoms with Crippen LogP contribution in [0.15, 0.2) is 36.5 Å². The van der Waals surface area contributed by atoms with Gasteiger partial charge in [-0.3, -0.25) is 24.3 Å². The summed E-state index contributed by atoms with van der Waals surface area (Å²) >= 11 is 0. The predicted octanol–water partition coefficient (Wildman–Crippen LogP) is 2.99. The molecule has 0 radical (unpaired) electrons. The fourth-order valence-electron chi connectivity index (χ4n) is 3.03. The van der Waals surface area contributed by atoms with Gasteiger partial charge in [0, 0.05) is 17.8 Å². The third kappa shape index (κ3) is 4.43. The molecule has 0 unspecified atom stereocenters. The molecule has 3 rings (SSSR count). The molecule has 9 nitrogen and oxygen atoms in total. The van der Waals surface area contributed by atoms with Gasteiger partial charge in [0.1, 0.15) is 11.9 Å². The van der Waals surface area contributed by atoms with E-state index in [1.54, 1.807) is 6.92 Å².